The van der Waals surface area contributed by atoms with Crippen LogP contribution in [0.2, 0.25) is 0 Å². The van der Waals surface area contributed by atoms with Crippen LogP contribution in [0.3, 0.4) is 0 Å². The van der Waals surface area contributed by atoms with Crippen molar-refractivity contribution in [2.45, 2.75) is 19.6 Å². The van der Waals surface area contributed by atoms with Gasteiger partial charge in [-0.3, -0.25) is 0 Å². The Morgan fingerprint density at radius 1 is 1.33 bits per heavy atom. The Balaban J connectivity index is 2.24. The Kier molecular flexibility index (Phi) is 2.01. The van der Waals surface area contributed by atoms with Gasteiger partial charge in [0, 0.05) is 23.1 Å². The van der Waals surface area contributed by atoms with Crippen molar-refractivity contribution >= 4 is 10.9 Å². The molecule has 1 aliphatic heterocycles. The average Bonchev–Trinajstić information content (AvgIpc) is 2.66. The Morgan fingerprint density at radius 3 is 3.13 bits per heavy atom. The summed E-state index contributed by atoms with van der Waals surface area (Å²) in [6.07, 6.45) is 1.07. The number of aromatic nitrogens is 1. The first-order chi connectivity index (χ1) is 7.38. The van der Waals surface area contributed by atoms with Crippen LogP contribution >= 0.6 is 0 Å². The highest BCUT2D eigenvalue weighted by Gasteiger charge is 2.14. The first-order valence-electron chi connectivity index (χ1n) is 5.32. The van der Waals surface area contributed by atoms with Gasteiger partial charge in [-0.05, 0) is 36.2 Å². The number of fused-ring (bicyclic) bond motifs is 3. The fraction of sp³-hybridized carbons (Fsp3) is 0.333. The van der Waals surface area contributed by atoms with Gasteiger partial charge in [0.2, 0.25) is 0 Å². The third-order valence-electron chi connectivity index (χ3n) is 3.10. The summed E-state index contributed by atoms with van der Waals surface area (Å²) in [5.41, 5.74) is 4.88. The summed E-state index contributed by atoms with van der Waals surface area (Å²) in [6, 6.07) is 6.12. The Hall–Kier alpha value is -1.32. The fourth-order valence-electron chi connectivity index (χ4n) is 2.31. The summed E-state index contributed by atoms with van der Waals surface area (Å²) in [5, 5.41) is 13.7. The van der Waals surface area contributed by atoms with E-state index in [2.05, 4.69) is 22.4 Å². The van der Waals surface area contributed by atoms with Crippen LogP contribution < -0.4 is 5.32 Å². The van der Waals surface area contributed by atoms with Crippen LogP contribution in [0.1, 0.15) is 16.8 Å². The van der Waals surface area contributed by atoms with Crippen molar-refractivity contribution in [1.29, 1.82) is 0 Å². The lowest BCUT2D eigenvalue weighted by molar-refractivity contribution is 0.282. The van der Waals surface area contributed by atoms with Crippen LogP contribution in [-0.4, -0.2) is 16.6 Å². The largest absolute Gasteiger partial charge is 0.392 e. The Bertz CT molecular complexity index is 502. The molecule has 0 atom stereocenters. The molecule has 1 aromatic heterocycles. The van der Waals surface area contributed by atoms with Crippen molar-refractivity contribution in [3.63, 3.8) is 0 Å². The quantitative estimate of drug-likeness (QED) is 0.653. The lowest BCUT2D eigenvalue weighted by Gasteiger charge is -2.12. The van der Waals surface area contributed by atoms with Crippen molar-refractivity contribution < 1.29 is 5.11 Å². The zero-order chi connectivity index (χ0) is 10.3. The van der Waals surface area contributed by atoms with Crippen LogP contribution in [0.25, 0.3) is 10.9 Å². The number of aliphatic hydroxyl groups is 1. The number of H-pyrrole nitrogens is 1. The molecule has 1 aliphatic rings. The van der Waals surface area contributed by atoms with Gasteiger partial charge < -0.3 is 15.4 Å². The van der Waals surface area contributed by atoms with Crippen molar-refractivity contribution in [2.75, 3.05) is 6.54 Å². The first-order valence-corrected chi connectivity index (χ1v) is 5.32. The number of nitrogens with one attached hydrogen (secondary N) is 2. The van der Waals surface area contributed by atoms with E-state index in [0.717, 1.165) is 25.1 Å². The second kappa shape index (κ2) is 3.36. The van der Waals surface area contributed by atoms with E-state index in [1.165, 1.54) is 22.2 Å². The molecule has 15 heavy (non-hydrogen) atoms. The predicted octanol–water partition coefficient (Wildman–Crippen LogP) is 1.31. The highest BCUT2D eigenvalue weighted by molar-refractivity contribution is 5.85. The van der Waals surface area contributed by atoms with Crippen LogP contribution in [0.15, 0.2) is 18.2 Å². The highest BCUT2D eigenvalue weighted by atomic mass is 16.3. The maximum Gasteiger partial charge on any atom is 0.0682 e. The standard InChI is InChI=1S/C12H14N2O/c15-7-8-1-2-11-10(5-8)9-3-4-13-6-12(9)14-11/h1-2,5,13-15H,3-4,6-7H2. The van der Waals surface area contributed by atoms with Crippen LogP contribution in [0.5, 0.6) is 0 Å². The second-order valence-corrected chi connectivity index (χ2v) is 4.05. The van der Waals surface area contributed by atoms with Crippen molar-refractivity contribution in [2.24, 2.45) is 0 Å². The SMILES string of the molecule is OCc1ccc2[nH]c3c(c2c1)CCNC3. The topological polar surface area (TPSA) is 48.0 Å². The van der Waals surface area contributed by atoms with Gasteiger partial charge >= 0.3 is 0 Å². The molecule has 0 radical (unpaired) electrons. The molecule has 0 amide bonds. The fourth-order valence-corrected chi connectivity index (χ4v) is 2.31. The maximum atomic E-state index is 9.12. The summed E-state index contributed by atoms with van der Waals surface area (Å²) in [4.78, 5) is 3.42. The molecule has 0 bridgehead atoms. The zero-order valence-corrected chi connectivity index (χ0v) is 8.51. The van der Waals surface area contributed by atoms with Gasteiger partial charge in [-0.2, -0.15) is 0 Å². The summed E-state index contributed by atoms with van der Waals surface area (Å²) < 4.78 is 0. The molecule has 3 nitrogen and oxygen atoms in total. The maximum absolute atomic E-state index is 9.12. The number of rotatable bonds is 1. The molecular weight excluding hydrogens is 188 g/mol. The van der Waals surface area contributed by atoms with Gasteiger partial charge in [0.25, 0.3) is 0 Å². The van der Waals surface area contributed by atoms with E-state index in [9.17, 15) is 0 Å². The van der Waals surface area contributed by atoms with E-state index in [-0.39, 0.29) is 6.61 Å². The van der Waals surface area contributed by atoms with Crippen LogP contribution in [-0.2, 0) is 19.6 Å². The van der Waals surface area contributed by atoms with E-state index in [1.54, 1.807) is 0 Å². The zero-order valence-electron chi connectivity index (χ0n) is 8.51. The normalized spacial score (nSPS) is 15.5. The summed E-state index contributed by atoms with van der Waals surface area (Å²) >= 11 is 0. The minimum atomic E-state index is 0.119. The van der Waals surface area contributed by atoms with Crippen LogP contribution in [0.4, 0.5) is 0 Å². The van der Waals surface area contributed by atoms with Crippen LogP contribution in [0, 0.1) is 0 Å². The molecule has 3 N–H and O–H groups in total. The molecule has 0 aliphatic carbocycles. The van der Waals surface area contributed by atoms with Crippen molar-refractivity contribution in [3.05, 3.63) is 35.0 Å². The Labute approximate surface area is 88.1 Å². The molecule has 78 valence electrons. The van der Waals surface area contributed by atoms with E-state index in [4.69, 9.17) is 5.11 Å². The molecule has 0 saturated carbocycles. The molecule has 3 rings (SSSR count). The van der Waals surface area contributed by atoms with E-state index in [1.807, 2.05) is 6.07 Å². The third kappa shape index (κ3) is 1.35. The molecule has 0 unspecified atom stereocenters. The molecule has 1 aromatic carbocycles. The summed E-state index contributed by atoms with van der Waals surface area (Å²) in [7, 11) is 0. The Morgan fingerprint density at radius 2 is 2.27 bits per heavy atom. The third-order valence-corrected chi connectivity index (χ3v) is 3.10. The number of hydrogen-bond acceptors (Lipinski definition) is 2. The van der Waals surface area contributed by atoms with Crippen molar-refractivity contribution in [3.8, 4) is 0 Å². The van der Waals surface area contributed by atoms with E-state index < -0.39 is 0 Å². The van der Waals surface area contributed by atoms with Gasteiger partial charge in [-0.25, -0.2) is 0 Å². The van der Waals surface area contributed by atoms with E-state index in [0.29, 0.717) is 0 Å². The molecule has 0 spiro atoms. The molecule has 0 fully saturated rings. The van der Waals surface area contributed by atoms with Crippen molar-refractivity contribution in [1.82, 2.24) is 10.3 Å². The molecule has 2 aromatic rings. The lowest BCUT2D eigenvalue weighted by Crippen LogP contribution is -2.22. The predicted molar refractivity (Wildman–Crippen MR) is 59.6 cm³/mol. The number of benzene rings is 1. The smallest absolute Gasteiger partial charge is 0.0682 e. The highest BCUT2D eigenvalue weighted by Crippen LogP contribution is 2.25. The van der Waals surface area contributed by atoms with Gasteiger partial charge in [-0.1, -0.05) is 6.07 Å². The number of hydrogen-bond donors (Lipinski definition) is 3. The average molecular weight is 202 g/mol. The molecular formula is C12H14N2O. The van der Waals surface area contributed by atoms with Gasteiger partial charge in [0.05, 0.1) is 6.61 Å². The minimum Gasteiger partial charge on any atom is -0.392 e. The second-order valence-electron chi connectivity index (χ2n) is 4.05. The molecule has 2 heterocycles. The molecule has 3 heteroatoms. The lowest BCUT2D eigenvalue weighted by atomic mass is 10.0. The minimum absolute atomic E-state index is 0.119. The summed E-state index contributed by atoms with van der Waals surface area (Å²) in [5.74, 6) is 0. The number of aromatic amines is 1. The van der Waals surface area contributed by atoms with E-state index >= 15 is 0 Å². The number of aliphatic hydroxyl groups excluding tert-OH is 1. The van der Waals surface area contributed by atoms with Gasteiger partial charge in [0.1, 0.15) is 0 Å². The first kappa shape index (κ1) is 8.95. The van der Waals surface area contributed by atoms with Gasteiger partial charge in [0.15, 0.2) is 0 Å². The monoisotopic (exact) mass is 202 g/mol. The molecule has 0 saturated heterocycles. The summed E-state index contributed by atoms with van der Waals surface area (Å²) in [6.45, 7) is 2.09. The van der Waals surface area contributed by atoms with Gasteiger partial charge in [-0.15, -0.1) is 0 Å².